The molecule has 18 heavy (non-hydrogen) atoms. The van der Waals surface area contributed by atoms with Crippen molar-refractivity contribution >= 4 is 17.2 Å². The van der Waals surface area contributed by atoms with Crippen molar-refractivity contribution in [3.63, 3.8) is 0 Å². The number of amides is 1. The van der Waals surface area contributed by atoms with E-state index < -0.39 is 0 Å². The summed E-state index contributed by atoms with van der Waals surface area (Å²) in [5.41, 5.74) is 6.81. The van der Waals surface area contributed by atoms with E-state index >= 15 is 0 Å². The predicted molar refractivity (Wildman–Crippen MR) is 72.4 cm³/mol. The van der Waals surface area contributed by atoms with Gasteiger partial charge in [-0.3, -0.25) is 9.78 Å². The molecule has 0 aliphatic carbocycles. The van der Waals surface area contributed by atoms with Crippen molar-refractivity contribution in [3.05, 3.63) is 51.5 Å². The molecule has 3 N–H and O–H groups in total. The third-order valence-corrected chi connectivity index (χ3v) is 3.51. The molecule has 0 radical (unpaired) electrons. The van der Waals surface area contributed by atoms with Gasteiger partial charge in [-0.1, -0.05) is 0 Å². The van der Waals surface area contributed by atoms with E-state index in [0.29, 0.717) is 18.7 Å². The molecule has 2 aromatic heterocycles. The number of rotatable bonds is 4. The number of carbonyl (C=O) groups excluding carboxylic acids is 1. The summed E-state index contributed by atoms with van der Waals surface area (Å²) in [5.74, 6) is -0.0989. The maximum Gasteiger partial charge on any atom is 0.251 e. The standard InChI is InChI=1S/C13H15N3OS/c1-9-2-3-12(18-9)8-16-13(17)10-4-5-15-11(6-10)7-14/h2-6H,7-8,14H2,1H3,(H,16,17). The normalized spacial score (nSPS) is 10.3. The molecule has 0 aliphatic heterocycles. The van der Waals surface area contributed by atoms with Crippen LogP contribution in [0.15, 0.2) is 30.5 Å². The van der Waals surface area contributed by atoms with E-state index in [0.717, 1.165) is 10.6 Å². The number of carbonyl (C=O) groups is 1. The number of thiophene rings is 1. The van der Waals surface area contributed by atoms with Crippen molar-refractivity contribution in [1.82, 2.24) is 10.3 Å². The van der Waals surface area contributed by atoms with Crippen LogP contribution in [0.5, 0.6) is 0 Å². The van der Waals surface area contributed by atoms with Gasteiger partial charge in [0.05, 0.1) is 12.2 Å². The number of aryl methyl sites for hydroxylation is 1. The van der Waals surface area contributed by atoms with Gasteiger partial charge in [0.1, 0.15) is 0 Å². The van der Waals surface area contributed by atoms with Gasteiger partial charge in [0.2, 0.25) is 0 Å². The second-order valence-corrected chi connectivity index (χ2v) is 5.31. The van der Waals surface area contributed by atoms with Gasteiger partial charge in [0.15, 0.2) is 0 Å². The summed E-state index contributed by atoms with van der Waals surface area (Å²) in [6.07, 6.45) is 1.60. The molecule has 0 saturated heterocycles. The number of nitrogens with zero attached hydrogens (tertiary/aromatic N) is 1. The van der Waals surface area contributed by atoms with E-state index in [-0.39, 0.29) is 5.91 Å². The van der Waals surface area contributed by atoms with Crippen LogP contribution in [0, 0.1) is 6.92 Å². The molecule has 0 unspecified atom stereocenters. The van der Waals surface area contributed by atoms with Crippen LogP contribution >= 0.6 is 11.3 Å². The van der Waals surface area contributed by atoms with Crippen molar-refractivity contribution < 1.29 is 4.79 Å². The SMILES string of the molecule is Cc1ccc(CNC(=O)c2ccnc(CN)c2)s1. The van der Waals surface area contributed by atoms with Crippen molar-refractivity contribution in [2.24, 2.45) is 5.73 Å². The average molecular weight is 261 g/mol. The Morgan fingerprint density at radius 2 is 2.28 bits per heavy atom. The quantitative estimate of drug-likeness (QED) is 0.882. The highest BCUT2D eigenvalue weighted by Crippen LogP contribution is 2.14. The van der Waals surface area contributed by atoms with Gasteiger partial charge in [0.25, 0.3) is 5.91 Å². The maximum absolute atomic E-state index is 11.9. The molecule has 0 saturated carbocycles. The zero-order valence-electron chi connectivity index (χ0n) is 10.1. The fraction of sp³-hybridized carbons (Fsp3) is 0.231. The summed E-state index contributed by atoms with van der Waals surface area (Å²) in [5, 5.41) is 2.88. The molecule has 0 aromatic carbocycles. The Morgan fingerprint density at radius 3 is 2.94 bits per heavy atom. The van der Waals surface area contributed by atoms with E-state index in [9.17, 15) is 4.79 Å². The van der Waals surface area contributed by atoms with Crippen LogP contribution in [-0.4, -0.2) is 10.9 Å². The fourth-order valence-electron chi connectivity index (χ4n) is 1.58. The van der Waals surface area contributed by atoms with Crippen molar-refractivity contribution in [2.75, 3.05) is 0 Å². The van der Waals surface area contributed by atoms with Crippen LogP contribution in [-0.2, 0) is 13.1 Å². The summed E-state index contributed by atoms with van der Waals surface area (Å²) < 4.78 is 0. The average Bonchev–Trinajstić information content (AvgIpc) is 2.82. The Kier molecular flexibility index (Phi) is 4.07. The Balaban J connectivity index is 1.99. The second kappa shape index (κ2) is 5.75. The lowest BCUT2D eigenvalue weighted by atomic mass is 10.2. The van der Waals surface area contributed by atoms with Crippen LogP contribution in [0.25, 0.3) is 0 Å². The van der Waals surface area contributed by atoms with Crippen molar-refractivity contribution in [2.45, 2.75) is 20.0 Å². The molecule has 4 nitrogen and oxygen atoms in total. The number of pyridine rings is 1. The summed E-state index contributed by atoms with van der Waals surface area (Å²) in [6, 6.07) is 7.48. The lowest BCUT2D eigenvalue weighted by Crippen LogP contribution is -2.22. The van der Waals surface area contributed by atoms with Crippen LogP contribution in [0.4, 0.5) is 0 Å². The van der Waals surface area contributed by atoms with Crippen LogP contribution in [0.3, 0.4) is 0 Å². The van der Waals surface area contributed by atoms with Crippen LogP contribution in [0.2, 0.25) is 0 Å². The molecule has 5 heteroatoms. The Labute approximate surface area is 110 Å². The second-order valence-electron chi connectivity index (χ2n) is 3.94. The zero-order valence-corrected chi connectivity index (χ0v) is 11.0. The van der Waals surface area contributed by atoms with Gasteiger partial charge >= 0.3 is 0 Å². The topological polar surface area (TPSA) is 68.0 Å². The molecule has 1 amide bonds. The van der Waals surface area contributed by atoms with Gasteiger partial charge in [-0.25, -0.2) is 0 Å². The minimum Gasteiger partial charge on any atom is -0.347 e. The highest BCUT2D eigenvalue weighted by molar-refractivity contribution is 7.11. The number of nitrogens with two attached hydrogens (primary N) is 1. The molecule has 0 spiro atoms. The van der Waals surface area contributed by atoms with E-state index in [1.165, 1.54) is 4.88 Å². The summed E-state index contributed by atoms with van der Waals surface area (Å²) >= 11 is 1.69. The molecule has 0 atom stereocenters. The predicted octanol–water partition coefficient (Wildman–Crippen LogP) is 1.84. The molecule has 2 aromatic rings. The summed E-state index contributed by atoms with van der Waals surface area (Å²) in [6.45, 7) is 2.94. The van der Waals surface area contributed by atoms with Gasteiger partial charge < -0.3 is 11.1 Å². The van der Waals surface area contributed by atoms with Gasteiger partial charge in [-0.05, 0) is 31.2 Å². The summed E-state index contributed by atoms with van der Waals surface area (Å²) in [7, 11) is 0. The first-order valence-electron chi connectivity index (χ1n) is 5.67. The first-order valence-corrected chi connectivity index (χ1v) is 6.49. The molecule has 2 heterocycles. The highest BCUT2D eigenvalue weighted by atomic mass is 32.1. The molecule has 2 rings (SSSR count). The lowest BCUT2D eigenvalue weighted by molar-refractivity contribution is 0.0951. The zero-order chi connectivity index (χ0) is 13.0. The Hall–Kier alpha value is -1.72. The molecule has 0 fully saturated rings. The molecule has 0 aliphatic rings. The van der Waals surface area contributed by atoms with Crippen LogP contribution < -0.4 is 11.1 Å². The Bertz CT molecular complexity index is 551. The lowest BCUT2D eigenvalue weighted by Gasteiger charge is -2.04. The monoisotopic (exact) mass is 261 g/mol. The largest absolute Gasteiger partial charge is 0.347 e. The minimum absolute atomic E-state index is 0.0989. The Morgan fingerprint density at radius 1 is 1.44 bits per heavy atom. The van der Waals surface area contributed by atoms with E-state index in [1.807, 2.05) is 19.1 Å². The number of hydrogen-bond acceptors (Lipinski definition) is 4. The third-order valence-electron chi connectivity index (χ3n) is 2.51. The first-order chi connectivity index (χ1) is 8.69. The first kappa shape index (κ1) is 12.7. The van der Waals surface area contributed by atoms with Gasteiger partial charge in [-0.2, -0.15) is 0 Å². The van der Waals surface area contributed by atoms with Crippen LogP contribution in [0.1, 0.15) is 25.8 Å². The number of nitrogens with one attached hydrogen (secondary N) is 1. The minimum atomic E-state index is -0.0989. The van der Waals surface area contributed by atoms with Crippen molar-refractivity contribution in [1.29, 1.82) is 0 Å². The number of aromatic nitrogens is 1. The third kappa shape index (κ3) is 3.15. The van der Waals surface area contributed by atoms with E-state index in [1.54, 1.807) is 29.7 Å². The smallest absolute Gasteiger partial charge is 0.251 e. The fourth-order valence-corrected chi connectivity index (χ4v) is 2.41. The van der Waals surface area contributed by atoms with Gasteiger partial charge in [-0.15, -0.1) is 11.3 Å². The molecule has 0 bridgehead atoms. The van der Waals surface area contributed by atoms with E-state index in [4.69, 9.17) is 5.73 Å². The maximum atomic E-state index is 11.9. The number of hydrogen-bond donors (Lipinski definition) is 2. The van der Waals surface area contributed by atoms with Gasteiger partial charge in [0, 0.05) is 28.1 Å². The van der Waals surface area contributed by atoms with Crippen molar-refractivity contribution in [3.8, 4) is 0 Å². The highest BCUT2D eigenvalue weighted by Gasteiger charge is 2.06. The summed E-state index contributed by atoms with van der Waals surface area (Å²) in [4.78, 5) is 18.4. The van der Waals surface area contributed by atoms with E-state index in [2.05, 4.69) is 10.3 Å². The molecular formula is C13H15N3OS. The molecule has 94 valence electrons. The molecular weight excluding hydrogens is 246 g/mol.